The van der Waals surface area contributed by atoms with Crippen molar-refractivity contribution >= 4 is 11.8 Å². The molecule has 3 rings (SSSR count). The number of carbonyl (C=O) groups is 2. The molecule has 7 heteroatoms. The molecule has 2 unspecified atom stereocenters. The minimum absolute atomic E-state index is 0.0879. The highest BCUT2D eigenvalue weighted by Crippen LogP contribution is 2.32. The second-order valence-corrected chi connectivity index (χ2v) is 8.71. The highest BCUT2D eigenvalue weighted by molar-refractivity contribution is 5.79. The summed E-state index contributed by atoms with van der Waals surface area (Å²) in [5.41, 5.74) is 6.30. The Morgan fingerprint density at radius 2 is 1.90 bits per heavy atom. The van der Waals surface area contributed by atoms with Crippen LogP contribution in [-0.2, 0) is 16.1 Å². The number of benzene rings is 1. The van der Waals surface area contributed by atoms with Crippen LogP contribution in [0.3, 0.4) is 0 Å². The number of phenolic OH excluding ortho intramolecular Hbond substituents is 1. The van der Waals surface area contributed by atoms with Gasteiger partial charge in [0.15, 0.2) is 0 Å². The number of methoxy groups -OCH3 is 1. The number of ether oxygens (including phenoxy) is 1. The zero-order valence-electron chi connectivity index (χ0n) is 18.2. The molecule has 166 valence electrons. The number of phenols is 1. The molecule has 2 atom stereocenters. The first-order valence-corrected chi connectivity index (χ1v) is 11.1. The number of hydrogen-bond donors (Lipinski definition) is 2. The maximum Gasteiger partial charge on any atom is 0.222 e. The Balaban J connectivity index is 1.52. The van der Waals surface area contributed by atoms with E-state index in [0.29, 0.717) is 56.5 Å². The molecule has 2 aliphatic rings. The summed E-state index contributed by atoms with van der Waals surface area (Å²) in [6.07, 6.45) is 3.97. The zero-order valence-corrected chi connectivity index (χ0v) is 18.2. The topological polar surface area (TPSA) is 96.1 Å². The fourth-order valence-corrected chi connectivity index (χ4v) is 4.84. The highest BCUT2D eigenvalue weighted by atomic mass is 16.5. The Morgan fingerprint density at radius 1 is 1.17 bits per heavy atom. The molecule has 0 aliphatic carbocycles. The predicted molar refractivity (Wildman–Crippen MR) is 115 cm³/mol. The van der Waals surface area contributed by atoms with Crippen molar-refractivity contribution in [3.05, 3.63) is 23.8 Å². The summed E-state index contributed by atoms with van der Waals surface area (Å²) < 4.78 is 5.16. The first kappa shape index (κ1) is 22.4. The van der Waals surface area contributed by atoms with Crippen LogP contribution >= 0.6 is 0 Å². The number of nitrogens with two attached hydrogens (primary N) is 1. The first-order valence-electron chi connectivity index (χ1n) is 11.1. The van der Waals surface area contributed by atoms with E-state index in [9.17, 15) is 14.7 Å². The van der Waals surface area contributed by atoms with Crippen LogP contribution in [0.25, 0.3) is 0 Å². The number of amides is 2. The van der Waals surface area contributed by atoms with Crippen molar-refractivity contribution in [1.82, 2.24) is 9.80 Å². The summed E-state index contributed by atoms with van der Waals surface area (Å²) in [5, 5.41) is 10.3. The third-order valence-corrected chi connectivity index (χ3v) is 6.87. The van der Waals surface area contributed by atoms with Gasteiger partial charge in [-0.15, -0.1) is 0 Å². The van der Waals surface area contributed by atoms with Crippen molar-refractivity contribution in [3.63, 3.8) is 0 Å². The second-order valence-electron chi connectivity index (χ2n) is 8.71. The molecule has 2 fully saturated rings. The average molecular weight is 418 g/mol. The Bertz CT molecular complexity index is 746. The number of piperidine rings is 2. The van der Waals surface area contributed by atoms with Crippen LogP contribution in [0.5, 0.6) is 11.5 Å². The lowest BCUT2D eigenvalue weighted by Gasteiger charge is -2.39. The molecule has 3 N–H and O–H groups in total. The van der Waals surface area contributed by atoms with Crippen molar-refractivity contribution in [2.45, 2.75) is 45.6 Å². The predicted octanol–water partition coefficient (Wildman–Crippen LogP) is 2.36. The number of carbonyl (C=O) groups excluding carboxylic acids is 2. The van der Waals surface area contributed by atoms with Gasteiger partial charge in [-0.2, -0.15) is 0 Å². The van der Waals surface area contributed by atoms with Gasteiger partial charge in [-0.05, 0) is 43.7 Å². The molecule has 30 heavy (non-hydrogen) atoms. The van der Waals surface area contributed by atoms with Crippen LogP contribution in [0.2, 0.25) is 0 Å². The van der Waals surface area contributed by atoms with Crippen LogP contribution in [0.1, 0.15) is 44.6 Å². The quantitative estimate of drug-likeness (QED) is 0.710. The minimum atomic E-state index is -0.247. The van der Waals surface area contributed by atoms with E-state index in [-0.39, 0.29) is 23.5 Å². The van der Waals surface area contributed by atoms with E-state index in [1.165, 1.54) is 0 Å². The van der Waals surface area contributed by atoms with Crippen molar-refractivity contribution in [2.75, 3.05) is 33.3 Å². The van der Waals surface area contributed by atoms with Gasteiger partial charge < -0.3 is 20.5 Å². The molecule has 2 aliphatic heterocycles. The molecule has 2 saturated heterocycles. The first-order chi connectivity index (χ1) is 14.4. The Morgan fingerprint density at radius 3 is 2.50 bits per heavy atom. The number of nitrogens with zero attached hydrogens (tertiary/aromatic N) is 2. The van der Waals surface area contributed by atoms with E-state index < -0.39 is 0 Å². The molecule has 0 radical (unpaired) electrons. The van der Waals surface area contributed by atoms with Crippen molar-refractivity contribution in [2.24, 2.45) is 23.5 Å². The standard InChI is InChI=1S/C23H35N3O4/c1-3-16-14-25(15-19-4-5-20(30-2)13-21(19)27)9-6-18(16)12-22(28)26-10-7-17(8-11-26)23(24)29/h4-5,13,16-18,27H,3,6-12,14-15H2,1-2H3,(H2,24,29). The summed E-state index contributed by atoms with van der Waals surface area (Å²) in [7, 11) is 1.59. The lowest BCUT2D eigenvalue weighted by Crippen LogP contribution is -2.45. The molecule has 0 aromatic heterocycles. The third kappa shape index (κ3) is 5.45. The van der Waals surface area contributed by atoms with E-state index in [4.69, 9.17) is 10.5 Å². The number of primary amides is 1. The molecule has 2 amide bonds. The third-order valence-electron chi connectivity index (χ3n) is 6.87. The van der Waals surface area contributed by atoms with E-state index >= 15 is 0 Å². The van der Waals surface area contributed by atoms with Gasteiger partial charge in [0.25, 0.3) is 0 Å². The molecule has 1 aromatic rings. The summed E-state index contributed by atoms with van der Waals surface area (Å²) in [4.78, 5) is 28.5. The molecule has 0 spiro atoms. The maximum absolute atomic E-state index is 12.8. The zero-order chi connectivity index (χ0) is 21.7. The Labute approximate surface area is 179 Å². The van der Waals surface area contributed by atoms with Gasteiger partial charge in [0.1, 0.15) is 11.5 Å². The smallest absolute Gasteiger partial charge is 0.222 e. The minimum Gasteiger partial charge on any atom is -0.507 e. The molecule has 2 heterocycles. The monoisotopic (exact) mass is 417 g/mol. The summed E-state index contributed by atoms with van der Waals surface area (Å²) in [5.74, 6) is 1.64. The summed E-state index contributed by atoms with van der Waals surface area (Å²) >= 11 is 0. The van der Waals surface area contributed by atoms with Crippen molar-refractivity contribution in [1.29, 1.82) is 0 Å². The van der Waals surface area contributed by atoms with Gasteiger partial charge in [0.2, 0.25) is 11.8 Å². The van der Waals surface area contributed by atoms with Gasteiger partial charge in [-0.3, -0.25) is 14.5 Å². The van der Waals surface area contributed by atoms with E-state index in [1.54, 1.807) is 13.2 Å². The van der Waals surface area contributed by atoms with Crippen LogP contribution in [0.15, 0.2) is 18.2 Å². The van der Waals surface area contributed by atoms with Crippen LogP contribution < -0.4 is 10.5 Å². The van der Waals surface area contributed by atoms with E-state index in [0.717, 1.165) is 31.5 Å². The van der Waals surface area contributed by atoms with Crippen molar-refractivity contribution < 1.29 is 19.4 Å². The van der Waals surface area contributed by atoms with E-state index in [2.05, 4.69) is 11.8 Å². The summed E-state index contributed by atoms with van der Waals surface area (Å²) in [6.45, 7) is 6.02. The Hall–Kier alpha value is -2.28. The molecule has 0 bridgehead atoms. The molecular formula is C23H35N3O4. The van der Waals surface area contributed by atoms with Gasteiger partial charge in [-0.1, -0.05) is 19.4 Å². The van der Waals surface area contributed by atoms with E-state index in [1.807, 2.05) is 17.0 Å². The molecule has 0 saturated carbocycles. The molecule has 1 aromatic carbocycles. The van der Waals surface area contributed by atoms with Crippen LogP contribution in [0.4, 0.5) is 0 Å². The fraction of sp³-hybridized carbons (Fsp3) is 0.652. The number of hydrogen-bond acceptors (Lipinski definition) is 5. The van der Waals surface area contributed by atoms with Gasteiger partial charge in [0, 0.05) is 50.1 Å². The Kier molecular flexibility index (Phi) is 7.58. The normalized spacial score (nSPS) is 23.3. The van der Waals surface area contributed by atoms with Gasteiger partial charge in [-0.25, -0.2) is 0 Å². The number of aromatic hydroxyl groups is 1. The lowest BCUT2D eigenvalue weighted by atomic mass is 9.81. The number of rotatable bonds is 7. The van der Waals surface area contributed by atoms with Crippen LogP contribution in [0, 0.1) is 17.8 Å². The highest BCUT2D eigenvalue weighted by Gasteiger charge is 2.32. The van der Waals surface area contributed by atoms with Gasteiger partial charge >= 0.3 is 0 Å². The maximum atomic E-state index is 12.8. The molecular weight excluding hydrogens is 382 g/mol. The lowest BCUT2D eigenvalue weighted by molar-refractivity contribution is -0.136. The SMILES string of the molecule is CCC1CN(Cc2ccc(OC)cc2O)CCC1CC(=O)N1CCC(C(N)=O)CC1. The number of likely N-dealkylation sites (tertiary alicyclic amines) is 2. The fourth-order valence-electron chi connectivity index (χ4n) is 4.84. The summed E-state index contributed by atoms with van der Waals surface area (Å²) in [6, 6.07) is 5.44. The second kappa shape index (κ2) is 10.2. The van der Waals surface area contributed by atoms with Crippen LogP contribution in [-0.4, -0.2) is 60.0 Å². The van der Waals surface area contributed by atoms with Crippen molar-refractivity contribution in [3.8, 4) is 11.5 Å². The van der Waals surface area contributed by atoms with Gasteiger partial charge in [0.05, 0.1) is 7.11 Å². The largest absolute Gasteiger partial charge is 0.507 e. The average Bonchev–Trinajstić information content (AvgIpc) is 2.76. The molecule has 7 nitrogen and oxygen atoms in total.